The molecule has 0 N–H and O–H groups in total. The van der Waals surface area contributed by atoms with Crippen LogP contribution in [0.2, 0.25) is 0 Å². The second kappa shape index (κ2) is 8.64. The van der Waals surface area contributed by atoms with Gasteiger partial charge in [0.2, 0.25) is 0 Å². The van der Waals surface area contributed by atoms with Crippen LogP contribution in [0.4, 0.5) is 30.7 Å². The molecule has 21 heavy (non-hydrogen) atoms. The molecule has 0 spiro atoms. The van der Waals surface area contributed by atoms with Crippen LogP contribution in [0.3, 0.4) is 0 Å². The predicted molar refractivity (Wildman–Crippen MR) is 61.7 cm³/mol. The fraction of sp³-hybridized carbons (Fsp3) is 1.00. The van der Waals surface area contributed by atoms with Crippen LogP contribution in [0.15, 0.2) is 0 Å². The minimum absolute atomic E-state index is 0.257. The molecule has 0 rings (SSSR count). The van der Waals surface area contributed by atoms with Gasteiger partial charge in [0.05, 0.1) is 0 Å². The van der Waals surface area contributed by atoms with Gasteiger partial charge in [-0.05, 0) is 0 Å². The normalized spacial score (nSPS) is 13.5. The molecule has 0 heterocycles. The second-order valence-corrected chi connectivity index (χ2v) is 8.88. The van der Waals surface area contributed by atoms with Crippen molar-refractivity contribution >= 4 is 20.2 Å². The first-order chi connectivity index (χ1) is 9.44. The summed E-state index contributed by atoms with van der Waals surface area (Å²) in [6.45, 7) is 1.54. The van der Waals surface area contributed by atoms with Gasteiger partial charge in [0.25, 0.3) is 0 Å². The molecule has 2 nitrogen and oxygen atoms in total. The van der Waals surface area contributed by atoms with Gasteiger partial charge in [-0.1, -0.05) is 0 Å². The van der Waals surface area contributed by atoms with E-state index in [-0.39, 0.29) is 6.42 Å². The van der Waals surface area contributed by atoms with Gasteiger partial charge >= 0.3 is 125 Å². The zero-order chi connectivity index (χ0) is 16.7. The Labute approximate surface area is 125 Å². The van der Waals surface area contributed by atoms with E-state index in [4.69, 9.17) is 0 Å². The van der Waals surface area contributed by atoms with E-state index >= 15 is 0 Å². The summed E-state index contributed by atoms with van der Waals surface area (Å²) in [5.41, 5.74) is 0. The van der Waals surface area contributed by atoms with E-state index in [1.165, 1.54) is 0 Å². The van der Waals surface area contributed by atoms with E-state index in [1.807, 2.05) is 6.92 Å². The molecule has 126 valence electrons. The van der Waals surface area contributed by atoms with Crippen molar-refractivity contribution in [2.24, 2.45) is 0 Å². The summed E-state index contributed by atoms with van der Waals surface area (Å²) >= 11 is -5.64. The molecule has 0 aliphatic rings. The van der Waals surface area contributed by atoms with Crippen LogP contribution in [-0.2, 0) is 6.15 Å². The molecule has 0 atom stereocenters. The van der Waals surface area contributed by atoms with Gasteiger partial charge in [0.1, 0.15) is 0 Å². The van der Waals surface area contributed by atoms with Crippen molar-refractivity contribution in [3.05, 3.63) is 0 Å². The van der Waals surface area contributed by atoms with Crippen molar-refractivity contribution < 1.29 is 36.9 Å². The Kier molecular flexibility index (Phi) is 8.66. The summed E-state index contributed by atoms with van der Waals surface area (Å²) in [7, 11) is 0. The van der Waals surface area contributed by atoms with Gasteiger partial charge in [-0.3, -0.25) is 0 Å². The number of alkyl halides is 7. The van der Waals surface area contributed by atoms with E-state index in [0.717, 1.165) is 19.3 Å². The van der Waals surface area contributed by atoms with E-state index in [0.29, 0.717) is 6.42 Å². The molecule has 0 unspecified atom stereocenters. The molecule has 0 radical (unpaired) electrons. The van der Waals surface area contributed by atoms with Crippen molar-refractivity contribution in [2.75, 3.05) is 6.61 Å². The predicted octanol–water partition coefficient (Wildman–Crippen LogP) is 4.65. The fourth-order valence-corrected chi connectivity index (χ4v) is 4.04. The maximum atomic E-state index is 13.2. The zero-order valence-electron chi connectivity index (χ0n) is 11.4. The summed E-state index contributed by atoms with van der Waals surface area (Å²) in [5, 5.41) is 0. The summed E-state index contributed by atoms with van der Waals surface area (Å²) in [6.07, 6.45) is -5.01. The van der Waals surface area contributed by atoms with Crippen molar-refractivity contribution in [3.8, 4) is 0 Å². The average molecular weight is 433 g/mol. The Morgan fingerprint density at radius 2 is 1.43 bits per heavy atom. The topological polar surface area (TPSA) is 26.3 Å². The van der Waals surface area contributed by atoms with Gasteiger partial charge in [-0.25, -0.2) is 0 Å². The fourth-order valence-electron chi connectivity index (χ4n) is 1.47. The Hall–Kier alpha value is 0.0687. The molecule has 0 aliphatic carbocycles. The molecule has 0 saturated heterocycles. The van der Waals surface area contributed by atoms with Crippen LogP contribution in [0.5, 0.6) is 0 Å². The quantitative estimate of drug-likeness (QED) is 0.285. The maximum absolute atomic E-state index is 13.2. The van der Waals surface area contributed by atoms with Crippen LogP contribution in [0.25, 0.3) is 0 Å². The average Bonchev–Trinajstić information content (AvgIpc) is 2.30. The monoisotopic (exact) mass is 434 g/mol. The van der Waals surface area contributed by atoms with Gasteiger partial charge < -0.3 is 0 Å². The number of hydrogen-bond acceptors (Lipinski definition) is 2. The molecule has 0 amide bonds. The Morgan fingerprint density at radius 3 is 1.90 bits per heavy atom. The van der Waals surface area contributed by atoms with E-state index < -0.39 is 49.2 Å². The van der Waals surface area contributed by atoms with Crippen LogP contribution < -0.4 is 0 Å². The summed E-state index contributed by atoms with van der Waals surface area (Å²) < 4.78 is 97.8. The number of hydrogen-bond donors (Lipinski definition) is 0. The van der Waals surface area contributed by atoms with Crippen molar-refractivity contribution in [1.82, 2.24) is 0 Å². The Balaban J connectivity index is 4.38. The molecule has 10 heteroatoms. The van der Waals surface area contributed by atoms with E-state index in [1.54, 1.807) is 0 Å². The SMILES string of the molecule is CCCCCCC[O][Sn](=[O])[C](F)(F)C(F)(F)CC(F)(F)F. The third-order valence-corrected chi connectivity index (χ3v) is 6.46. The molecule has 0 fully saturated rings. The van der Waals surface area contributed by atoms with E-state index in [2.05, 4.69) is 3.07 Å². The van der Waals surface area contributed by atoms with Gasteiger partial charge in [-0.2, -0.15) is 0 Å². The molecular formula is C11H17F7O2Sn. The number of halogens is 7. The second-order valence-electron chi connectivity index (χ2n) is 4.62. The standard InChI is InChI=1S/C7H15O.C4H2F7.O.Sn/c1-2-3-4-5-6-7-8;5-2(6)3(7,8)1-4(9,10)11;;/h2-7H2,1H3;1H2;;/q-1;;;+1. The Morgan fingerprint density at radius 1 is 0.905 bits per heavy atom. The van der Waals surface area contributed by atoms with Crippen LogP contribution in [0, 0.1) is 0 Å². The van der Waals surface area contributed by atoms with E-state index in [9.17, 15) is 33.8 Å². The van der Waals surface area contributed by atoms with Crippen molar-refractivity contribution in [2.45, 2.75) is 61.5 Å². The van der Waals surface area contributed by atoms with Crippen molar-refractivity contribution in [3.63, 3.8) is 0 Å². The van der Waals surface area contributed by atoms with Gasteiger partial charge in [0.15, 0.2) is 0 Å². The molecule has 0 aromatic rings. The molecular weight excluding hydrogens is 416 g/mol. The molecule has 0 bridgehead atoms. The minimum atomic E-state index is -5.64. The number of rotatable bonds is 10. The Bertz CT molecular complexity index is 331. The van der Waals surface area contributed by atoms with Crippen LogP contribution in [0.1, 0.15) is 45.4 Å². The zero-order valence-corrected chi connectivity index (χ0v) is 14.3. The summed E-state index contributed by atoms with van der Waals surface area (Å²) in [5.74, 6) is -5.41. The van der Waals surface area contributed by atoms with Crippen LogP contribution in [-0.4, -0.2) is 42.8 Å². The van der Waals surface area contributed by atoms with Crippen molar-refractivity contribution in [1.29, 1.82) is 0 Å². The van der Waals surface area contributed by atoms with Gasteiger partial charge in [-0.15, -0.1) is 0 Å². The molecule has 0 aromatic heterocycles. The molecule has 0 aromatic carbocycles. The summed E-state index contributed by atoms with van der Waals surface area (Å²) in [6, 6.07) is 0. The first-order valence-corrected chi connectivity index (χ1v) is 10.2. The van der Waals surface area contributed by atoms with Gasteiger partial charge in [0, 0.05) is 0 Å². The number of unbranched alkanes of at least 4 members (excludes halogenated alkanes) is 4. The molecule has 0 aliphatic heterocycles. The third kappa shape index (κ3) is 7.75. The van der Waals surface area contributed by atoms with Crippen LogP contribution >= 0.6 is 0 Å². The third-order valence-electron chi connectivity index (χ3n) is 2.62. The first kappa shape index (κ1) is 21.1. The molecule has 0 saturated carbocycles. The summed E-state index contributed by atoms with van der Waals surface area (Å²) in [4.78, 5) is 0. The first-order valence-electron chi connectivity index (χ1n) is 6.43.